The lowest BCUT2D eigenvalue weighted by atomic mass is 9.99. The molecule has 1 heterocycles. The molecule has 3 aromatic rings. The van der Waals surface area contributed by atoms with Gasteiger partial charge in [-0.05, 0) is 30.7 Å². The molecular weight excluding hydrogens is 298 g/mol. The van der Waals surface area contributed by atoms with Crippen LogP contribution in [0.1, 0.15) is 22.8 Å². The van der Waals surface area contributed by atoms with Gasteiger partial charge in [0.1, 0.15) is 5.75 Å². The molecule has 0 saturated carbocycles. The predicted molar refractivity (Wildman–Crippen MR) is 94.7 cm³/mol. The van der Waals surface area contributed by atoms with E-state index in [4.69, 9.17) is 9.47 Å². The van der Waals surface area contributed by atoms with Gasteiger partial charge in [-0.1, -0.05) is 66.2 Å². The number of rotatable bonds is 2. The lowest BCUT2D eigenvalue weighted by molar-refractivity contribution is 0.175. The largest absolute Gasteiger partial charge is 0.437 e. The Kier molecular flexibility index (Phi) is 3.75. The quantitative estimate of drug-likeness (QED) is 0.652. The fourth-order valence-corrected chi connectivity index (χ4v) is 2.73. The Morgan fingerprint density at radius 3 is 2.33 bits per heavy atom. The van der Waals surface area contributed by atoms with E-state index in [2.05, 4.69) is 17.1 Å². The normalized spacial score (nSPS) is 15.9. The molecule has 4 rings (SSSR count). The summed E-state index contributed by atoms with van der Waals surface area (Å²) >= 11 is 0. The van der Waals surface area contributed by atoms with Crippen molar-refractivity contribution in [3.05, 3.63) is 95.6 Å². The van der Waals surface area contributed by atoms with Crippen molar-refractivity contribution in [1.82, 2.24) is 0 Å². The first-order valence-corrected chi connectivity index (χ1v) is 7.93. The Morgan fingerprint density at radius 2 is 1.54 bits per heavy atom. The van der Waals surface area contributed by atoms with Crippen LogP contribution < -0.4 is 4.74 Å². The number of hydrogen-bond donors (Lipinski definition) is 0. The fourth-order valence-electron chi connectivity index (χ4n) is 2.73. The molecular formula is C21H17NO2. The van der Waals surface area contributed by atoms with Crippen LogP contribution in [0.4, 0.5) is 5.69 Å². The van der Waals surface area contributed by atoms with Crippen molar-refractivity contribution in [2.24, 2.45) is 4.99 Å². The lowest BCUT2D eigenvalue weighted by Gasteiger charge is -2.25. The second-order valence-electron chi connectivity index (χ2n) is 5.76. The summed E-state index contributed by atoms with van der Waals surface area (Å²) in [6, 6.07) is 25.9. The first kappa shape index (κ1) is 14.5. The van der Waals surface area contributed by atoms with Crippen LogP contribution in [0.2, 0.25) is 0 Å². The Hall–Kier alpha value is -3.07. The van der Waals surface area contributed by atoms with E-state index in [0.29, 0.717) is 5.75 Å². The first-order chi connectivity index (χ1) is 11.8. The molecule has 1 aliphatic heterocycles. The maximum atomic E-state index is 6.06. The van der Waals surface area contributed by atoms with Crippen LogP contribution in [-0.2, 0) is 4.74 Å². The highest BCUT2D eigenvalue weighted by atomic mass is 16.7. The van der Waals surface area contributed by atoms with Crippen molar-refractivity contribution in [3.63, 3.8) is 0 Å². The second-order valence-corrected chi connectivity index (χ2v) is 5.76. The Morgan fingerprint density at radius 1 is 0.833 bits per heavy atom. The number of aliphatic imine (C=N–C) groups is 1. The molecule has 118 valence electrons. The van der Waals surface area contributed by atoms with Crippen LogP contribution in [0.3, 0.4) is 0 Å². The lowest BCUT2D eigenvalue weighted by Crippen LogP contribution is -2.21. The molecule has 0 amide bonds. The van der Waals surface area contributed by atoms with Gasteiger partial charge in [0, 0.05) is 5.56 Å². The molecule has 0 spiro atoms. The summed E-state index contributed by atoms with van der Waals surface area (Å²) in [5.41, 5.74) is 4.17. The number of benzene rings is 3. The zero-order valence-electron chi connectivity index (χ0n) is 13.3. The maximum Gasteiger partial charge on any atom is 0.395 e. The van der Waals surface area contributed by atoms with E-state index in [1.54, 1.807) is 0 Å². The van der Waals surface area contributed by atoms with E-state index < -0.39 is 0 Å². The molecule has 24 heavy (non-hydrogen) atoms. The Labute approximate surface area is 141 Å². The summed E-state index contributed by atoms with van der Waals surface area (Å²) in [6.07, 6.45) is 0.0479. The summed E-state index contributed by atoms with van der Waals surface area (Å²) in [6.45, 7) is 2.04. The van der Waals surface area contributed by atoms with E-state index in [-0.39, 0.29) is 12.2 Å². The predicted octanol–water partition coefficient (Wildman–Crippen LogP) is 5.18. The molecule has 3 nitrogen and oxygen atoms in total. The molecule has 1 aliphatic rings. The molecule has 0 aliphatic carbocycles. The average Bonchev–Trinajstić information content (AvgIpc) is 2.64. The molecule has 0 fully saturated rings. The average molecular weight is 315 g/mol. The molecule has 1 atom stereocenters. The first-order valence-electron chi connectivity index (χ1n) is 7.93. The van der Waals surface area contributed by atoms with Crippen molar-refractivity contribution >= 4 is 11.8 Å². The van der Waals surface area contributed by atoms with Gasteiger partial charge in [-0.2, -0.15) is 4.99 Å². The minimum atomic E-state index is -0.222. The monoisotopic (exact) mass is 315 g/mol. The van der Waals surface area contributed by atoms with Crippen LogP contribution in [0.25, 0.3) is 0 Å². The number of aryl methyl sites for hydroxylation is 1. The Bertz CT molecular complexity index is 870. The summed E-state index contributed by atoms with van der Waals surface area (Å²) in [5.74, 6) is 0.713. The number of hydrogen-bond acceptors (Lipinski definition) is 3. The zero-order valence-corrected chi connectivity index (χ0v) is 13.3. The van der Waals surface area contributed by atoms with Gasteiger partial charge < -0.3 is 9.47 Å². The molecule has 0 radical (unpaired) electrons. The fraction of sp³-hybridized carbons (Fsp3) is 0.0952. The van der Waals surface area contributed by atoms with E-state index in [1.807, 2.05) is 73.7 Å². The number of para-hydroxylation sites is 1. The van der Waals surface area contributed by atoms with Gasteiger partial charge in [-0.25, -0.2) is 0 Å². The van der Waals surface area contributed by atoms with Crippen molar-refractivity contribution < 1.29 is 9.47 Å². The van der Waals surface area contributed by atoms with Gasteiger partial charge >= 0.3 is 6.08 Å². The molecule has 0 N–H and O–H groups in total. The number of nitrogens with zero attached hydrogens (tertiary/aromatic N) is 1. The topological polar surface area (TPSA) is 30.8 Å². The van der Waals surface area contributed by atoms with Gasteiger partial charge in [0.2, 0.25) is 0 Å². The highest BCUT2D eigenvalue weighted by Gasteiger charge is 2.26. The second kappa shape index (κ2) is 6.20. The smallest absolute Gasteiger partial charge is 0.395 e. The molecule has 1 unspecified atom stereocenters. The minimum Gasteiger partial charge on any atom is -0.437 e. The van der Waals surface area contributed by atoms with E-state index in [1.165, 1.54) is 5.56 Å². The summed E-state index contributed by atoms with van der Waals surface area (Å²) in [5, 5.41) is 0. The van der Waals surface area contributed by atoms with Gasteiger partial charge in [0.05, 0.1) is 5.69 Å². The van der Waals surface area contributed by atoms with Crippen molar-refractivity contribution in [3.8, 4) is 5.75 Å². The molecule has 3 aromatic carbocycles. The maximum absolute atomic E-state index is 6.06. The SMILES string of the molecule is Cc1ccc(OC2=Nc3ccccc3C(c3ccccc3)O2)cc1. The van der Waals surface area contributed by atoms with Gasteiger partial charge in [0.25, 0.3) is 0 Å². The zero-order chi connectivity index (χ0) is 16.4. The summed E-state index contributed by atoms with van der Waals surface area (Å²) in [4.78, 5) is 4.51. The third-order valence-corrected chi connectivity index (χ3v) is 3.98. The van der Waals surface area contributed by atoms with Crippen molar-refractivity contribution in [1.29, 1.82) is 0 Å². The number of ether oxygens (including phenoxy) is 2. The van der Waals surface area contributed by atoms with Crippen LogP contribution >= 0.6 is 0 Å². The van der Waals surface area contributed by atoms with Crippen molar-refractivity contribution in [2.45, 2.75) is 13.0 Å². The third kappa shape index (κ3) is 2.88. The highest BCUT2D eigenvalue weighted by Crippen LogP contribution is 2.37. The molecule has 0 bridgehead atoms. The molecule has 3 heteroatoms. The molecule has 0 saturated heterocycles. The minimum absolute atomic E-state index is 0.222. The van der Waals surface area contributed by atoms with E-state index >= 15 is 0 Å². The third-order valence-electron chi connectivity index (χ3n) is 3.98. The summed E-state index contributed by atoms with van der Waals surface area (Å²) in [7, 11) is 0. The van der Waals surface area contributed by atoms with Gasteiger partial charge in [-0.15, -0.1) is 0 Å². The number of fused-ring (bicyclic) bond motifs is 1. The summed E-state index contributed by atoms with van der Waals surface area (Å²) < 4.78 is 11.9. The molecule has 0 aromatic heterocycles. The van der Waals surface area contributed by atoms with Gasteiger partial charge in [0.15, 0.2) is 6.10 Å². The highest BCUT2D eigenvalue weighted by molar-refractivity contribution is 5.77. The Balaban J connectivity index is 1.69. The van der Waals surface area contributed by atoms with Crippen molar-refractivity contribution in [2.75, 3.05) is 0 Å². The van der Waals surface area contributed by atoms with E-state index in [9.17, 15) is 0 Å². The van der Waals surface area contributed by atoms with Crippen LogP contribution in [0.5, 0.6) is 5.75 Å². The van der Waals surface area contributed by atoms with Crippen LogP contribution in [-0.4, -0.2) is 6.08 Å². The van der Waals surface area contributed by atoms with Gasteiger partial charge in [-0.3, -0.25) is 0 Å². The van der Waals surface area contributed by atoms with Crippen LogP contribution in [0, 0.1) is 6.92 Å². The van der Waals surface area contributed by atoms with E-state index in [0.717, 1.165) is 16.8 Å². The van der Waals surface area contributed by atoms with Crippen LogP contribution in [0.15, 0.2) is 83.9 Å². The standard InChI is InChI=1S/C21H17NO2/c1-15-11-13-17(14-12-15)23-21-22-19-10-6-5-9-18(19)20(24-21)16-7-3-2-4-8-16/h2-14,20H,1H3.